The number of hydrogen-bond acceptors (Lipinski definition) is 1. The van der Waals surface area contributed by atoms with E-state index in [0.717, 1.165) is 0 Å². The van der Waals surface area contributed by atoms with Crippen LogP contribution in [0.5, 0.6) is 0 Å². The van der Waals surface area contributed by atoms with Gasteiger partial charge in [0.1, 0.15) is 0 Å². The first kappa shape index (κ1) is 7.14. The van der Waals surface area contributed by atoms with Crippen LogP contribution in [0, 0.1) is 0 Å². The van der Waals surface area contributed by atoms with Gasteiger partial charge in [0.05, 0.1) is 0 Å². The molecule has 0 atom stereocenters. The molecule has 0 heterocycles. The fourth-order valence-electron chi connectivity index (χ4n) is 0.161. The monoisotopic (exact) mass is 211 g/mol. The van der Waals surface area contributed by atoms with Crippen molar-refractivity contribution in [2.75, 3.05) is 4.93 Å². The Bertz CT molecular complexity index is 96.3. The van der Waals surface area contributed by atoms with Crippen molar-refractivity contribution in [2.24, 2.45) is 0 Å². The van der Waals surface area contributed by atoms with Crippen molar-refractivity contribution in [1.82, 2.24) is 0 Å². The normalized spacial score (nSPS) is 8.86. The van der Waals surface area contributed by atoms with E-state index in [-0.39, 0.29) is 25.0 Å². The molecule has 0 N–H and O–H groups in total. The second kappa shape index (κ2) is 3.18. The van der Waals surface area contributed by atoms with Gasteiger partial charge in [-0.15, -0.1) is 0 Å². The SMILES string of the molecule is C=C(C)C(=O)[I-]C. The molecule has 0 aromatic carbocycles. The first-order valence-corrected chi connectivity index (χ1v) is 5.11. The topological polar surface area (TPSA) is 17.1 Å². The average Bonchev–Trinajstić information content (AvgIpc) is 1.65. The van der Waals surface area contributed by atoms with E-state index >= 15 is 0 Å². The van der Waals surface area contributed by atoms with Crippen LogP contribution >= 0.6 is 0 Å². The zero-order valence-corrected chi connectivity index (χ0v) is 6.65. The van der Waals surface area contributed by atoms with Crippen molar-refractivity contribution in [2.45, 2.75) is 6.92 Å². The van der Waals surface area contributed by atoms with E-state index in [1.807, 2.05) is 4.93 Å². The van der Waals surface area contributed by atoms with Crippen molar-refractivity contribution >= 4 is 3.79 Å². The molecule has 0 unspecified atom stereocenters. The summed E-state index contributed by atoms with van der Waals surface area (Å²) in [7, 11) is 0. The Morgan fingerprint density at radius 1 is 1.71 bits per heavy atom. The third-order valence-corrected chi connectivity index (χ3v) is 2.41. The van der Waals surface area contributed by atoms with Crippen LogP contribution in [0.15, 0.2) is 12.2 Å². The average molecular weight is 211 g/mol. The van der Waals surface area contributed by atoms with Gasteiger partial charge in [-0.2, -0.15) is 0 Å². The van der Waals surface area contributed by atoms with Crippen LogP contribution in [0.2, 0.25) is 0 Å². The van der Waals surface area contributed by atoms with E-state index in [1.54, 1.807) is 6.92 Å². The summed E-state index contributed by atoms with van der Waals surface area (Å²) in [6.45, 7) is 5.26. The van der Waals surface area contributed by atoms with E-state index < -0.39 is 0 Å². The van der Waals surface area contributed by atoms with Gasteiger partial charge in [0.15, 0.2) is 0 Å². The molecule has 42 valence electrons. The molecule has 0 bridgehead atoms. The Labute approximate surface area is 54.1 Å². The van der Waals surface area contributed by atoms with Gasteiger partial charge in [-0.05, 0) is 0 Å². The minimum absolute atomic E-state index is 0.234. The Morgan fingerprint density at radius 3 is 2.14 bits per heavy atom. The molecule has 0 amide bonds. The van der Waals surface area contributed by atoms with Gasteiger partial charge >= 0.3 is 53.8 Å². The summed E-state index contributed by atoms with van der Waals surface area (Å²) in [5.74, 6) is 0. The number of carbonyl (C=O) groups excluding carboxylic acids is 1. The first-order valence-electron chi connectivity index (χ1n) is 1.87. The third-order valence-electron chi connectivity index (χ3n) is 0.507. The zero-order valence-electron chi connectivity index (χ0n) is 4.49. The molecule has 0 aliphatic carbocycles. The standard InChI is InChI=1S/C5H8IO/c1-4(2)5(7)6-3/h1H2,2-3H3/q-1. The molecule has 0 spiro atoms. The number of allylic oxidation sites excluding steroid dienone is 1. The predicted molar refractivity (Wildman–Crippen MR) is 25.7 cm³/mol. The molecule has 0 aromatic rings. The molecule has 0 aliphatic heterocycles. The van der Waals surface area contributed by atoms with Gasteiger partial charge in [0, 0.05) is 0 Å². The molecule has 1 nitrogen and oxygen atoms in total. The minimum atomic E-state index is -0.234. The Balaban J connectivity index is 3.58. The second-order valence-electron chi connectivity index (χ2n) is 1.24. The Hall–Kier alpha value is 0.140. The van der Waals surface area contributed by atoms with Crippen LogP contribution in [0.25, 0.3) is 0 Å². The van der Waals surface area contributed by atoms with Gasteiger partial charge in [-0.3, -0.25) is 0 Å². The van der Waals surface area contributed by atoms with Crippen LogP contribution < -0.4 is 21.2 Å². The zero-order chi connectivity index (χ0) is 5.86. The molecule has 0 rings (SSSR count). The molecule has 0 saturated carbocycles. The van der Waals surface area contributed by atoms with Gasteiger partial charge in [0.25, 0.3) is 0 Å². The van der Waals surface area contributed by atoms with Crippen molar-refractivity contribution in [3.05, 3.63) is 12.2 Å². The van der Waals surface area contributed by atoms with Crippen molar-refractivity contribution < 1.29 is 26.0 Å². The van der Waals surface area contributed by atoms with Gasteiger partial charge in [0.2, 0.25) is 0 Å². The summed E-state index contributed by atoms with van der Waals surface area (Å²) < 4.78 is 0.263. The van der Waals surface area contributed by atoms with E-state index in [4.69, 9.17) is 0 Å². The van der Waals surface area contributed by atoms with Crippen molar-refractivity contribution in [3.8, 4) is 0 Å². The molecule has 0 radical (unpaired) electrons. The summed E-state index contributed by atoms with van der Waals surface area (Å²) >= 11 is -0.234. The molecular formula is C5H8IO-. The summed E-state index contributed by atoms with van der Waals surface area (Å²) in [6.07, 6.45) is 0. The molecule has 0 aliphatic rings. The maximum absolute atomic E-state index is 10.5. The third kappa shape index (κ3) is 2.79. The molecule has 0 saturated heterocycles. The fraction of sp³-hybridized carbons (Fsp3) is 0.400. The van der Waals surface area contributed by atoms with Crippen LogP contribution in [0.1, 0.15) is 6.92 Å². The van der Waals surface area contributed by atoms with Crippen molar-refractivity contribution in [3.63, 3.8) is 0 Å². The van der Waals surface area contributed by atoms with Crippen LogP contribution in [0.3, 0.4) is 0 Å². The molecule has 2 heteroatoms. The summed E-state index contributed by atoms with van der Waals surface area (Å²) in [5.41, 5.74) is 0.704. The van der Waals surface area contributed by atoms with Crippen LogP contribution in [-0.4, -0.2) is 8.72 Å². The summed E-state index contributed by atoms with van der Waals surface area (Å²) in [5, 5.41) is 0. The van der Waals surface area contributed by atoms with E-state index in [1.165, 1.54) is 0 Å². The first-order chi connectivity index (χ1) is 3.18. The summed E-state index contributed by atoms with van der Waals surface area (Å²) in [6, 6.07) is 0. The van der Waals surface area contributed by atoms with Crippen molar-refractivity contribution in [1.29, 1.82) is 0 Å². The second-order valence-corrected chi connectivity index (χ2v) is 3.30. The quantitative estimate of drug-likeness (QED) is 0.219. The predicted octanol–water partition coefficient (Wildman–Crippen LogP) is -2.19. The van der Waals surface area contributed by atoms with E-state index in [9.17, 15) is 4.79 Å². The molecular weight excluding hydrogens is 203 g/mol. The number of alkyl halides is 1. The maximum atomic E-state index is 10.5. The summed E-state index contributed by atoms with van der Waals surface area (Å²) in [4.78, 5) is 12.4. The molecule has 7 heavy (non-hydrogen) atoms. The Morgan fingerprint density at radius 2 is 2.14 bits per heavy atom. The van der Waals surface area contributed by atoms with E-state index in [0.29, 0.717) is 5.57 Å². The number of rotatable bonds is 2. The molecule has 0 aromatic heterocycles. The number of halogens is 1. The van der Waals surface area contributed by atoms with Crippen LogP contribution in [0.4, 0.5) is 0 Å². The fourth-order valence-corrected chi connectivity index (χ4v) is 1.08. The number of hydrogen-bond donors (Lipinski definition) is 0. The molecule has 0 fully saturated rings. The van der Waals surface area contributed by atoms with E-state index in [2.05, 4.69) is 6.58 Å². The van der Waals surface area contributed by atoms with Gasteiger partial charge < -0.3 is 0 Å². The van der Waals surface area contributed by atoms with Crippen LogP contribution in [-0.2, 0) is 4.79 Å². The Kier molecular flexibility index (Phi) is 3.25. The van der Waals surface area contributed by atoms with Gasteiger partial charge in [-0.25, -0.2) is 0 Å². The van der Waals surface area contributed by atoms with Gasteiger partial charge in [-0.1, -0.05) is 0 Å². The number of carbonyl (C=O) groups is 1.